The summed E-state index contributed by atoms with van der Waals surface area (Å²) in [5, 5.41) is 18.9. The minimum Gasteiger partial charge on any atom is -0.504 e. The fraction of sp³-hybridized carbons (Fsp3) is 0.417. The first-order chi connectivity index (χ1) is 7.50. The predicted molar refractivity (Wildman–Crippen MR) is 59.5 cm³/mol. The molecule has 1 aromatic carbocycles. The third-order valence-corrected chi connectivity index (χ3v) is 3.09. The van der Waals surface area contributed by atoms with Crippen molar-refractivity contribution in [3.05, 3.63) is 23.3 Å². The van der Waals surface area contributed by atoms with Gasteiger partial charge in [-0.05, 0) is 43.7 Å². The lowest BCUT2D eigenvalue weighted by molar-refractivity contribution is -0.122. The van der Waals surface area contributed by atoms with E-state index in [-0.39, 0.29) is 23.3 Å². The van der Waals surface area contributed by atoms with Crippen molar-refractivity contribution in [1.29, 1.82) is 0 Å². The summed E-state index contributed by atoms with van der Waals surface area (Å²) in [4.78, 5) is 13.5. The number of carbonyl (C=O) groups is 1. The molecule has 0 fully saturated rings. The molecular weight excluding hydrogens is 206 g/mol. The summed E-state index contributed by atoms with van der Waals surface area (Å²) in [5.74, 6) is -0.237. The largest absolute Gasteiger partial charge is 0.504 e. The molecule has 2 N–H and O–H groups in total. The van der Waals surface area contributed by atoms with Gasteiger partial charge in [0.15, 0.2) is 17.3 Å². The van der Waals surface area contributed by atoms with Gasteiger partial charge in [-0.25, -0.2) is 0 Å². The molecule has 1 aliphatic heterocycles. The number of benzene rings is 1. The van der Waals surface area contributed by atoms with E-state index in [9.17, 15) is 15.0 Å². The van der Waals surface area contributed by atoms with Gasteiger partial charge in [-0.1, -0.05) is 0 Å². The molecule has 4 nitrogen and oxygen atoms in total. The maximum Gasteiger partial charge on any atom is 0.157 e. The van der Waals surface area contributed by atoms with Crippen LogP contribution in [0.4, 0.5) is 0 Å². The second-order valence-electron chi connectivity index (χ2n) is 4.28. The van der Waals surface area contributed by atoms with E-state index in [2.05, 4.69) is 0 Å². The highest BCUT2D eigenvalue weighted by Gasteiger charge is 2.29. The smallest absolute Gasteiger partial charge is 0.157 e. The summed E-state index contributed by atoms with van der Waals surface area (Å²) < 4.78 is 0. The summed E-state index contributed by atoms with van der Waals surface area (Å²) in [6, 6.07) is 2.73. The summed E-state index contributed by atoms with van der Waals surface area (Å²) in [5.41, 5.74) is 1.74. The number of phenolic OH excluding ortho intramolecular Hbond substituents is 2. The Labute approximate surface area is 94.1 Å². The molecule has 0 aromatic heterocycles. The highest BCUT2D eigenvalue weighted by Crippen LogP contribution is 2.36. The van der Waals surface area contributed by atoms with E-state index in [1.165, 1.54) is 6.07 Å². The van der Waals surface area contributed by atoms with E-state index >= 15 is 0 Å². The first-order valence-electron chi connectivity index (χ1n) is 5.26. The summed E-state index contributed by atoms with van der Waals surface area (Å²) in [6.45, 7) is 2.32. The Balaban J connectivity index is 2.55. The average Bonchev–Trinajstić information content (AvgIpc) is 2.20. The zero-order valence-electron chi connectivity index (χ0n) is 9.40. The third kappa shape index (κ3) is 1.65. The van der Waals surface area contributed by atoms with E-state index in [1.807, 2.05) is 11.9 Å². The summed E-state index contributed by atoms with van der Waals surface area (Å²) in [6.07, 6.45) is 0.781. The zero-order chi connectivity index (χ0) is 11.9. The van der Waals surface area contributed by atoms with Crippen LogP contribution < -0.4 is 0 Å². The Morgan fingerprint density at radius 1 is 1.38 bits per heavy atom. The molecule has 1 unspecified atom stereocenters. The fourth-order valence-electron chi connectivity index (χ4n) is 2.30. The topological polar surface area (TPSA) is 60.8 Å². The van der Waals surface area contributed by atoms with Crippen molar-refractivity contribution in [2.75, 3.05) is 13.6 Å². The van der Waals surface area contributed by atoms with E-state index in [4.69, 9.17) is 0 Å². The van der Waals surface area contributed by atoms with Crippen molar-refractivity contribution < 1.29 is 15.0 Å². The fourth-order valence-corrected chi connectivity index (χ4v) is 2.30. The minimum absolute atomic E-state index is 0.0496. The molecule has 0 bridgehead atoms. The van der Waals surface area contributed by atoms with Gasteiger partial charge in [0, 0.05) is 6.54 Å². The van der Waals surface area contributed by atoms with Crippen LogP contribution in [0.15, 0.2) is 12.1 Å². The van der Waals surface area contributed by atoms with Crippen LogP contribution in [0.3, 0.4) is 0 Å². The summed E-state index contributed by atoms with van der Waals surface area (Å²) >= 11 is 0. The van der Waals surface area contributed by atoms with Crippen molar-refractivity contribution in [2.45, 2.75) is 19.4 Å². The van der Waals surface area contributed by atoms with Crippen LogP contribution in [-0.2, 0) is 11.2 Å². The number of Topliss-reactive ketones (excluding diaryl/α,β-unsaturated/α-hetero) is 1. The first-order valence-corrected chi connectivity index (χ1v) is 5.26. The van der Waals surface area contributed by atoms with Gasteiger partial charge < -0.3 is 10.2 Å². The molecule has 1 atom stereocenters. The van der Waals surface area contributed by atoms with Gasteiger partial charge in [0.1, 0.15) is 0 Å². The minimum atomic E-state index is -0.310. The molecule has 2 rings (SSSR count). The van der Waals surface area contributed by atoms with Crippen molar-refractivity contribution in [3.63, 3.8) is 0 Å². The number of nitrogens with zero attached hydrogens (tertiary/aromatic N) is 1. The van der Waals surface area contributed by atoms with Crippen molar-refractivity contribution in [1.82, 2.24) is 4.90 Å². The van der Waals surface area contributed by atoms with Crippen LogP contribution in [-0.4, -0.2) is 34.5 Å². The SMILES string of the molecule is CC(=O)C1c2cc(O)c(O)cc2CCN1C. The monoisotopic (exact) mass is 221 g/mol. The zero-order valence-corrected chi connectivity index (χ0v) is 9.40. The molecule has 86 valence electrons. The van der Waals surface area contributed by atoms with E-state index in [0.717, 1.165) is 24.1 Å². The number of aromatic hydroxyl groups is 2. The standard InChI is InChI=1S/C12H15NO3/c1-7(14)12-9-6-11(16)10(15)5-8(9)3-4-13(12)2/h5-6,12,15-16H,3-4H2,1-2H3. The summed E-state index contributed by atoms with van der Waals surface area (Å²) in [7, 11) is 1.89. The lowest BCUT2D eigenvalue weighted by atomic mass is 9.90. The average molecular weight is 221 g/mol. The Morgan fingerprint density at radius 2 is 2.00 bits per heavy atom. The molecule has 0 saturated carbocycles. The molecule has 1 heterocycles. The number of rotatable bonds is 1. The van der Waals surface area contributed by atoms with E-state index in [0.29, 0.717) is 0 Å². The second-order valence-corrected chi connectivity index (χ2v) is 4.28. The lowest BCUT2D eigenvalue weighted by Gasteiger charge is -2.33. The first kappa shape index (κ1) is 11.0. The normalized spacial score (nSPS) is 20.5. The molecule has 0 amide bonds. The molecule has 4 heteroatoms. The van der Waals surface area contributed by atoms with Crippen LogP contribution in [0.1, 0.15) is 24.1 Å². The van der Waals surface area contributed by atoms with Crippen LogP contribution in [0.2, 0.25) is 0 Å². The van der Waals surface area contributed by atoms with Gasteiger partial charge in [-0.2, -0.15) is 0 Å². The molecule has 1 aliphatic rings. The maximum absolute atomic E-state index is 11.6. The molecule has 0 aliphatic carbocycles. The van der Waals surface area contributed by atoms with Crippen LogP contribution >= 0.6 is 0 Å². The Bertz CT molecular complexity index is 442. The molecule has 0 radical (unpaired) electrons. The van der Waals surface area contributed by atoms with Crippen molar-refractivity contribution in [3.8, 4) is 11.5 Å². The van der Waals surface area contributed by atoms with Crippen molar-refractivity contribution in [2.24, 2.45) is 0 Å². The van der Waals surface area contributed by atoms with Gasteiger partial charge in [-0.3, -0.25) is 9.69 Å². The Morgan fingerprint density at radius 3 is 2.62 bits per heavy atom. The van der Waals surface area contributed by atoms with Gasteiger partial charge in [0.05, 0.1) is 6.04 Å². The van der Waals surface area contributed by atoms with Gasteiger partial charge in [0.25, 0.3) is 0 Å². The van der Waals surface area contributed by atoms with Crippen LogP contribution in [0.25, 0.3) is 0 Å². The number of fused-ring (bicyclic) bond motifs is 1. The van der Waals surface area contributed by atoms with Gasteiger partial charge in [-0.15, -0.1) is 0 Å². The molecule has 0 saturated heterocycles. The van der Waals surface area contributed by atoms with Crippen LogP contribution in [0, 0.1) is 0 Å². The highest BCUT2D eigenvalue weighted by atomic mass is 16.3. The molecule has 0 spiro atoms. The quantitative estimate of drug-likeness (QED) is 0.700. The number of likely N-dealkylation sites (N-methyl/N-ethyl adjacent to an activating group) is 1. The molecular formula is C12H15NO3. The maximum atomic E-state index is 11.6. The highest BCUT2D eigenvalue weighted by molar-refractivity contribution is 5.84. The number of carbonyl (C=O) groups excluding carboxylic acids is 1. The van der Waals surface area contributed by atoms with E-state index in [1.54, 1.807) is 13.0 Å². The Hall–Kier alpha value is -1.55. The van der Waals surface area contributed by atoms with Crippen LogP contribution in [0.5, 0.6) is 11.5 Å². The molecule has 16 heavy (non-hydrogen) atoms. The van der Waals surface area contributed by atoms with Crippen molar-refractivity contribution >= 4 is 5.78 Å². The number of hydrogen-bond donors (Lipinski definition) is 2. The number of phenols is 2. The second kappa shape index (κ2) is 3.79. The van der Waals surface area contributed by atoms with E-state index < -0.39 is 0 Å². The third-order valence-electron chi connectivity index (χ3n) is 3.09. The van der Waals surface area contributed by atoms with Gasteiger partial charge >= 0.3 is 0 Å². The predicted octanol–water partition coefficient (Wildman–Crippen LogP) is 1.22. The number of hydrogen-bond acceptors (Lipinski definition) is 4. The molecule has 1 aromatic rings. The lowest BCUT2D eigenvalue weighted by Crippen LogP contribution is -2.35. The van der Waals surface area contributed by atoms with Gasteiger partial charge in [0.2, 0.25) is 0 Å². The Kier molecular flexibility index (Phi) is 2.59. The number of ketones is 1.